The topological polar surface area (TPSA) is 58.5 Å². The highest BCUT2D eigenvalue weighted by molar-refractivity contribution is 5.80. The summed E-state index contributed by atoms with van der Waals surface area (Å²) < 4.78 is 5.87. The molecule has 0 radical (unpaired) electrons. The van der Waals surface area contributed by atoms with Gasteiger partial charge in [0.25, 0.3) is 0 Å². The van der Waals surface area contributed by atoms with E-state index in [1.165, 1.54) is 5.56 Å². The van der Waals surface area contributed by atoms with Crippen molar-refractivity contribution >= 4 is 5.96 Å². The fraction of sp³-hybridized carbons (Fsp3) is 0.250. The molecule has 29 heavy (non-hydrogen) atoms. The number of nitrogens with one attached hydrogen (secondary N) is 2. The molecular formula is C24H28N4O. The summed E-state index contributed by atoms with van der Waals surface area (Å²) in [6.45, 7) is 6.02. The maximum atomic E-state index is 5.87. The van der Waals surface area contributed by atoms with Crippen LogP contribution in [0.2, 0.25) is 0 Å². The number of pyridine rings is 1. The number of aliphatic imine (C=N–C) groups is 1. The lowest BCUT2D eigenvalue weighted by atomic mass is 10.1. The van der Waals surface area contributed by atoms with Gasteiger partial charge in [0, 0.05) is 12.7 Å². The first-order valence-electron chi connectivity index (χ1n) is 9.96. The van der Waals surface area contributed by atoms with E-state index in [9.17, 15) is 0 Å². The van der Waals surface area contributed by atoms with Crippen LogP contribution in [-0.4, -0.2) is 17.5 Å². The van der Waals surface area contributed by atoms with Crippen molar-refractivity contribution in [3.8, 4) is 5.75 Å². The van der Waals surface area contributed by atoms with Crippen LogP contribution in [0, 0.1) is 0 Å². The number of benzene rings is 2. The van der Waals surface area contributed by atoms with Crippen molar-refractivity contribution in [2.24, 2.45) is 4.99 Å². The van der Waals surface area contributed by atoms with Crippen LogP contribution >= 0.6 is 0 Å². The van der Waals surface area contributed by atoms with E-state index in [1.807, 2.05) is 54.6 Å². The molecule has 0 bridgehead atoms. The minimum Gasteiger partial charge on any atom is -0.487 e. The molecule has 0 aliphatic carbocycles. The lowest BCUT2D eigenvalue weighted by Crippen LogP contribution is -2.38. The summed E-state index contributed by atoms with van der Waals surface area (Å²) in [6.07, 6.45) is 1.77. The predicted molar refractivity (Wildman–Crippen MR) is 118 cm³/mol. The van der Waals surface area contributed by atoms with E-state index in [2.05, 4.69) is 47.7 Å². The van der Waals surface area contributed by atoms with Gasteiger partial charge in [0.1, 0.15) is 12.4 Å². The number of hydrogen-bond donors (Lipinski definition) is 2. The molecule has 3 rings (SSSR count). The Balaban J connectivity index is 1.61. The van der Waals surface area contributed by atoms with Gasteiger partial charge in [-0.3, -0.25) is 4.98 Å². The van der Waals surface area contributed by atoms with Crippen molar-refractivity contribution in [1.29, 1.82) is 0 Å². The maximum absolute atomic E-state index is 5.87. The van der Waals surface area contributed by atoms with Crippen LogP contribution in [0.3, 0.4) is 0 Å². The Labute approximate surface area is 172 Å². The summed E-state index contributed by atoms with van der Waals surface area (Å²) >= 11 is 0. The highest BCUT2D eigenvalue weighted by Gasteiger charge is 2.07. The fourth-order valence-electron chi connectivity index (χ4n) is 2.89. The number of hydrogen-bond acceptors (Lipinski definition) is 3. The quantitative estimate of drug-likeness (QED) is 0.441. The first kappa shape index (κ1) is 20.4. The number of aromatic nitrogens is 1. The van der Waals surface area contributed by atoms with Crippen molar-refractivity contribution in [3.63, 3.8) is 0 Å². The second-order valence-electron chi connectivity index (χ2n) is 6.73. The summed E-state index contributed by atoms with van der Waals surface area (Å²) in [5.74, 6) is 1.61. The number of rotatable bonds is 8. The smallest absolute Gasteiger partial charge is 0.192 e. The molecule has 2 N–H and O–H groups in total. The molecule has 1 atom stereocenters. The van der Waals surface area contributed by atoms with Gasteiger partial charge >= 0.3 is 0 Å². The Morgan fingerprint density at radius 3 is 2.62 bits per heavy atom. The number of guanidine groups is 1. The van der Waals surface area contributed by atoms with Crippen LogP contribution in [0.1, 0.15) is 36.7 Å². The van der Waals surface area contributed by atoms with Gasteiger partial charge in [-0.25, -0.2) is 4.99 Å². The van der Waals surface area contributed by atoms with E-state index in [4.69, 9.17) is 9.73 Å². The average molecular weight is 389 g/mol. The van der Waals surface area contributed by atoms with Gasteiger partial charge in [0.2, 0.25) is 0 Å². The van der Waals surface area contributed by atoms with Gasteiger partial charge in [-0.2, -0.15) is 0 Å². The normalized spacial score (nSPS) is 12.3. The molecule has 0 saturated carbocycles. The molecule has 1 aromatic heterocycles. The molecular weight excluding hydrogens is 360 g/mol. The molecule has 3 aromatic rings. The third-order valence-electron chi connectivity index (χ3n) is 4.43. The summed E-state index contributed by atoms with van der Waals surface area (Å²) in [5.41, 5.74) is 3.22. The molecule has 5 heteroatoms. The molecule has 0 aliphatic heterocycles. The lowest BCUT2D eigenvalue weighted by molar-refractivity contribution is 0.301. The van der Waals surface area contributed by atoms with Crippen LogP contribution < -0.4 is 15.4 Å². The van der Waals surface area contributed by atoms with Gasteiger partial charge < -0.3 is 15.4 Å². The van der Waals surface area contributed by atoms with Crippen molar-refractivity contribution in [3.05, 3.63) is 95.8 Å². The van der Waals surface area contributed by atoms with Gasteiger partial charge in [0.05, 0.1) is 18.3 Å². The van der Waals surface area contributed by atoms with Gasteiger partial charge in [-0.15, -0.1) is 0 Å². The molecule has 0 saturated heterocycles. The largest absolute Gasteiger partial charge is 0.487 e. The summed E-state index contributed by atoms with van der Waals surface area (Å²) in [6, 6.07) is 24.4. The monoisotopic (exact) mass is 388 g/mol. The molecule has 1 heterocycles. The second kappa shape index (κ2) is 10.9. The first-order valence-corrected chi connectivity index (χ1v) is 9.96. The Bertz CT molecular complexity index is 897. The molecule has 5 nitrogen and oxygen atoms in total. The number of nitrogens with zero attached hydrogens (tertiary/aromatic N) is 2. The van der Waals surface area contributed by atoms with Crippen LogP contribution in [0.5, 0.6) is 5.75 Å². The molecule has 0 aliphatic rings. The number of ether oxygens (including phenoxy) is 1. The Morgan fingerprint density at radius 2 is 1.86 bits per heavy atom. The molecule has 150 valence electrons. The van der Waals surface area contributed by atoms with Gasteiger partial charge in [-0.1, -0.05) is 48.5 Å². The summed E-state index contributed by atoms with van der Waals surface area (Å²) in [7, 11) is 0. The highest BCUT2D eigenvalue weighted by atomic mass is 16.5. The first-order chi connectivity index (χ1) is 14.2. The van der Waals surface area contributed by atoms with E-state index in [1.54, 1.807) is 6.20 Å². The molecule has 0 fully saturated rings. The molecule has 0 amide bonds. The Kier molecular flexibility index (Phi) is 7.63. The highest BCUT2D eigenvalue weighted by Crippen LogP contribution is 2.16. The van der Waals surface area contributed by atoms with Crippen molar-refractivity contribution in [2.75, 3.05) is 6.54 Å². The third kappa shape index (κ3) is 6.64. The van der Waals surface area contributed by atoms with Crippen molar-refractivity contribution in [2.45, 2.75) is 33.0 Å². The summed E-state index contributed by atoms with van der Waals surface area (Å²) in [5, 5.41) is 6.78. The maximum Gasteiger partial charge on any atom is 0.192 e. The predicted octanol–water partition coefficient (Wildman–Crippen LogP) is 4.48. The van der Waals surface area contributed by atoms with E-state index < -0.39 is 0 Å². The van der Waals surface area contributed by atoms with E-state index in [0.717, 1.165) is 29.5 Å². The van der Waals surface area contributed by atoms with Gasteiger partial charge in [0.15, 0.2) is 5.96 Å². The molecule has 0 spiro atoms. The van der Waals surface area contributed by atoms with E-state index in [0.29, 0.717) is 13.2 Å². The molecule has 2 aromatic carbocycles. The third-order valence-corrected chi connectivity index (χ3v) is 4.43. The van der Waals surface area contributed by atoms with Crippen LogP contribution in [-0.2, 0) is 13.2 Å². The van der Waals surface area contributed by atoms with Crippen LogP contribution in [0.4, 0.5) is 0 Å². The van der Waals surface area contributed by atoms with Crippen LogP contribution in [0.25, 0.3) is 0 Å². The summed E-state index contributed by atoms with van der Waals surface area (Å²) in [4.78, 5) is 9.02. The van der Waals surface area contributed by atoms with E-state index in [-0.39, 0.29) is 6.04 Å². The van der Waals surface area contributed by atoms with Crippen molar-refractivity contribution < 1.29 is 4.74 Å². The van der Waals surface area contributed by atoms with Gasteiger partial charge in [-0.05, 0) is 49.2 Å². The zero-order valence-corrected chi connectivity index (χ0v) is 17.0. The fourth-order valence-corrected chi connectivity index (χ4v) is 2.89. The van der Waals surface area contributed by atoms with Crippen molar-refractivity contribution in [1.82, 2.24) is 15.6 Å². The lowest BCUT2D eigenvalue weighted by Gasteiger charge is -2.18. The average Bonchev–Trinajstić information content (AvgIpc) is 2.78. The van der Waals surface area contributed by atoms with Crippen LogP contribution in [0.15, 0.2) is 84.0 Å². The standard InChI is InChI=1S/C24H28N4O/c1-3-25-24(28-19(2)21-11-5-4-6-12-21)27-17-20-10-9-14-23(16-20)29-18-22-13-7-8-15-26-22/h4-16,19H,3,17-18H2,1-2H3,(H2,25,27,28). The van der Waals surface area contributed by atoms with E-state index >= 15 is 0 Å². The minimum absolute atomic E-state index is 0.169. The molecule has 1 unspecified atom stereocenters. The minimum atomic E-state index is 0.169. The zero-order chi connectivity index (χ0) is 20.3. The SMILES string of the molecule is CCNC(=NCc1cccc(OCc2ccccn2)c1)NC(C)c1ccccc1. The Hall–Kier alpha value is -3.34. The zero-order valence-electron chi connectivity index (χ0n) is 17.0. The second-order valence-corrected chi connectivity index (χ2v) is 6.73. The Morgan fingerprint density at radius 1 is 1.03 bits per heavy atom.